The molecule has 0 amide bonds. The number of rotatable bonds is 23. The number of fused-ring (bicyclic) bond motifs is 3. The molecule has 5 aromatic carbocycles. The third-order valence-electron chi connectivity index (χ3n) is 16.9. The molecular formula is C67H86N2Si. The minimum absolute atomic E-state index is 0.00884. The highest BCUT2D eigenvalue weighted by molar-refractivity contribution is 7.03. The zero-order valence-electron chi connectivity index (χ0n) is 45.9. The maximum Gasteiger partial charge on any atom is 0.119 e. The van der Waals surface area contributed by atoms with Crippen molar-refractivity contribution in [3.63, 3.8) is 0 Å². The summed E-state index contributed by atoms with van der Waals surface area (Å²) in [6, 6.07) is 50.3. The van der Waals surface area contributed by atoms with Crippen LogP contribution in [0.3, 0.4) is 0 Å². The summed E-state index contributed by atoms with van der Waals surface area (Å²) in [7, 11) is 1.64. The largest absolute Gasteiger partial charge is 0.378 e. The molecule has 0 saturated carbocycles. The van der Waals surface area contributed by atoms with Crippen molar-refractivity contribution in [2.75, 3.05) is 19.0 Å². The van der Waals surface area contributed by atoms with Crippen molar-refractivity contribution in [2.45, 2.75) is 157 Å². The number of benzene rings is 5. The SMILES string of the molecule is [2H]c1cccc2c1C(c1c(C)cccc1C)c1ccc(-c3c(-c4ccccc4)c(CC(CC)CCCC)c4cc(-c5ccc(N(C)C)cc5)ccn34)cc1[Si]2(CC(CC)CCCC)CC(CC)CCCC. The Kier molecular flexibility index (Phi) is 16.7. The third kappa shape index (κ3) is 10.4. The molecule has 2 nitrogen and oxygen atoms in total. The van der Waals surface area contributed by atoms with Crippen LogP contribution >= 0.6 is 0 Å². The Morgan fingerprint density at radius 2 is 1.17 bits per heavy atom. The molecule has 4 unspecified atom stereocenters. The van der Waals surface area contributed by atoms with Gasteiger partial charge in [0.1, 0.15) is 8.07 Å². The van der Waals surface area contributed by atoms with E-state index in [1.54, 1.807) is 10.4 Å². The van der Waals surface area contributed by atoms with Gasteiger partial charge in [-0.1, -0.05) is 222 Å². The quantitative estimate of drug-likeness (QED) is 0.0580. The fourth-order valence-corrected chi connectivity index (χ4v) is 19.5. The Bertz CT molecular complexity index is 2810. The lowest BCUT2D eigenvalue weighted by molar-refractivity contribution is 0.450. The van der Waals surface area contributed by atoms with E-state index in [9.17, 15) is 1.37 Å². The number of anilines is 1. The monoisotopic (exact) mass is 948 g/mol. The van der Waals surface area contributed by atoms with Crippen LogP contribution in [0.15, 0.2) is 134 Å². The molecule has 0 N–H and O–H groups in total. The summed E-state index contributed by atoms with van der Waals surface area (Å²) in [5, 5.41) is 3.20. The number of hydrogen-bond acceptors (Lipinski definition) is 1. The zero-order chi connectivity index (χ0) is 50.2. The van der Waals surface area contributed by atoms with Gasteiger partial charge in [0.25, 0.3) is 0 Å². The molecule has 0 radical (unpaired) electrons. The Labute approximate surface area is 427 Å². The standard InChI is InChI=1S/C67H86N2Si/c1-11-17-28-50(14-4)43-60-61-44-55(53-35-38-57(39-36-53)68(9)10)41-42-69(61)67(65(60)54-31-21-20-22-32-54)56-37-40-59-63(45-56)70(46-51(15-5)29-18-12-2,47-52(16-6)30-19-13-3)62-34-24-23-33-58(62)66(59)64-48(7)26-25-27-49(64)8/h20-27,31-42,44-45,50-52,66H,11-19,28-30,43,46-47H2,1-10H3/i33D. The number of hydrogen-bond donors (Lipinski definition) is 0. The first kappa shape index (κ1) is 49.8. The van der Waals surface area contributed by atoms with E-state index in [0.29, 0.717) is 17.8 Å². The Balaban J connectivity index is 1.49. The van der Waals surface area contributed by atoms with Gasteiger partial charge in [-0.05, 0) is 140 Å². The Morgan fingerprint density at radius 1 is 0.571 bits per heavy atom. The van der Waals surface area contributed by atoms with E-state index in [4.69, 9.17) is 0 Å². The van der Waals surface area contributed by atoms with Crippen LogP contribution in [-0.4, -0.2) is 26.6 Å². The van der Waals surface area contributed by atoms with Crippen LogP contribution < -0.4 is 15.3 Å². The molecular weight excluding hydrogens is 861 g/mol. The predicted octanol–water partition coefficient (Wildman–Crippen LogP) is 17.9. The molecule has 0 fully saturated rings. The number of aryl methyl sites for hydroxylation is 2. The predicted molar refractivity (Wildman–Crippen MR) is 310 cm³/mol. The summed E-state index contributed by atoms with van der Waals surface area (Å²) in [5.74, 6) is 1.89. The average molecular weight is 949 g/mol. The second-order valence-corrected chi connectivity index (χ2v) is 25.7. The van der Waals surface area contributed by atoms with E-state index in [2.05, 4.69) is 206 Å². The fourth-order valence-electron chi connectivity index (χ4n) is 12.8. The second kappa shape index (κ2) is 23.4. The van der Waals surface area contributed by atoms with Crippen LogP contribution in [0.2, 0.25) is 12.1 Å². The lowest BCUT2D eigenvalue weighted by atomic mass is 9.80. The topological polar surface area (TPSA) is 7.65 Å². The van der Waals surface area contributed by atoms with Crippen LogP contribution in [0, 0.1) is 31.6 Å². The van der Waals surface area contributed by atoms with Crippen LogP contribution in [0.25, 0.3) is 39.0 Å². The number of unbranched alkanes of at least 4 members (excludes halogenated alkanes) is 3. The first-order chi connectivity index (χ1) is 34.5. The highest BCUT2D eigenvalue weighted by Gasteiger charge is 2.48. The van der Waals surface area contributed by atoms with E-state index < -0.39 is 8.07 Å². The molecule has 70 heavy (non-hydrogen) atoms. The molecule has 8 rings (SSSR count). The maximum atomic E-state index is 10.00. The zero-order valence-corrected chi connectivity index (χ0v) is 45.9. The summed E-state index contributed by atoms with van der Waals surface area (Å²) in [6.07, 6.45) is 18.3. The van der Waals surface area contributed by atoms with Gasteiger partial charge in [-0.3, -0.25) is 0 Å². The van der Waals surface area contributed by atoms with E-state index in [0.717, 1.165) is 12.5 Å². The Morgan fingerprint density at radius 3 is 1.77 bits per heavy atom. The molecule has 0 saturated heterocycles. The molecule has 2 aromatic heterocycles. The number of pyridine rings is 1. The molecule has 1 aliphatic heterocycles. The van der Waals surface area contributed by atoms with Gasteiger partial charge in [0.15, 0.2) is 0 Å². The van der Waals surface area contributed by atoms with Crippen LogP contribution in [0.1, 0.15) is 159 Å². The van der Waals surface area contributed by atoms with Gasteiger partial charge in [-0.15, -0.1) is 0 Å². The van der Waals surface area contributed by atoms with Crippen LogP contribution in [0.5, 0.6) is 0 Å². The minimum Gasteiger partial charge on any atom is -0.378 e. The van der Waals surface area contributed by atoms with Crippen molar-refractivity contribution in [1.82, 2.24) is 4.40 Å². The molecule has 4 atom stereocenters. The first-order valence-electron chi connectivity index (χ1n) is 28.3. The van der Waals surface area contributed by atoms with Gasteiger partial charge >= 0.3 is 0 Å². The van der Waals surface area contributed by atoms with Gasteiger partial charge in [0.2, 0.25) is 0 Å². The van der Waals surface area contributed by atoms with Crippen molar-refractivity contribution in [1.29, 1.82) is 0 Å². The number of nitrogens with zero attached hydrogens (tertiary/aromatic N) is 2. The van der Waals surface area contributed by atoms with Gasteiger partial charge in [0.05, 0.1) is 12.6 Å². The van der Waals surface area contributed by atoms with Crippen molar-refractivity contribution in [3.05, 3.63) is 167 Å². The Hall–Kier alpha value is -5.12. The van der Waals surface area contributed by atoms with E-state index >= 15 is 0 Å². The lowest BCUT2D eigenvalue weighted by Gasteiger charge is -2.46. The van der Waals surface area contributed by atoms with E-state index in [1.165, 1.54) is 167 Å². The van der Waals surface area contributed by atoms with Gasteiger partial charge in [-0.2, -0.15) is 0 Å². The number of aromatic nitrogens is 1. The lowest BCUT2D eigenvalue weighted by Crippen LogP contribution is -2.65. The fraction of sp³-hybridized carbons (Fsp3) is 0.433. The first-order valence-corrected chi connectivity index (χ1v) is 30.2. The molecule has 7 aromatic rings. The third-order valence-corrected chi connectivity index (χ3v) is 22.4. The molecule has 0 aliphatic carbocycles. The van der Waals surface area contributed by atoms with Crippen LogP contribution in [0.4, 0.5) is 5.69 Å². The smallest absolute Gasteiger partial charge is 0.119 e. The summed E-state index contributed by atoms with van der Waals surface area (Å²) >= 11 is 0. The summed E-state index contributed by atoms with van der Waals surface area (Å²) < 4.78 is 12.6. The average Bonchev–Trinajstić information content (AvgIpc) is 3.71. The minimum atomic E-state index is -2.60. The molecule has 3 heteroatoms. The molecule has 368 valence electrons. The maximum absolute atomic E-state index is 10.00. The van der Waals surface area contributed by atoms with Crippen molar-refractivity contribution >= 4 is 29.7 Å². The molecule has 1 aliphatic rings. The van der Waals surface area contributed by atoms with E-state index in [1.807, 2.05) is 0 Å². The highest BCUT2D eigenvalue weighted by Crippen LogP contribution is 2.47. The van der Waals surface area contributed by atoms with Crippen molar-refractivity contribution in [2.24, 2.45) is 17.8 Å². The highest BCUT2D eigenvalue weighted by atomic mass is 28.3. The van der Waals surface area contributed by atoms with E-state index in [-0.39, 0.29) is 5.92 Å². The van der Waals surface area contributed by atoms with Gasteiger partial charge in [-0.25, -0.2) is 0 Å². The molecule has 0 spiro atoms. The van der Waals surface area contributed by atoms with Crippen molar-refractivity contribution in [3.8, 4) is 33.5 Å². The summed E-state index contributed by atoms with van der Waals surface area (Å²) in [5.41, 5.74) is 18.7. The summed E-state index contributed by atoms with van der Waals surface area (Å²) in [4.78, 5) is 2.18. The normalized spacial score (nSPS) is 16.9. The second-order valence-electron chi connectivity index (χ2n) is 21.7. The van der Waals surface area contributed by atoms with Gasteiger partial charge in [0, 0.05) is 37.5 Å². The van der Waals surface area contributed by atoms with Gasteiger partial charge < -0.3 is 9.30 Å². The van der Waals surface area contributed by atoms with Crippen molar-refractivity contribution < 1.29 is 1.37 Å². The summed E-state index contributed by atoms with van der Waals surface area (Å²) in [6.45, 7) is 19.0. The molecule has 0 bridgehead atoms. The van der Waals surface area contributed by atoms with Crippen LogP contribution in [-0.2, 0) is 6.42 Å². The molecule has 3 heterocycles.